The smallest absolute Gasteiger partial charge is 0.388 e. The monoisotopic (exact) mass is 657 g/mol. The molecule has 0 aliphatic carbocycles. The Morgan fingerprint density at radius 1 is 0.907 bits per heavy atom. The van der Waals surface area contributed by atoms with Crippen molar-refractivity contribution in [3.63, 3.8) is 0 Å². The van der Waals surface area contributed by atoms with E-state index in [1.807, 2.05) is 0 Å². The Bertz CT molecular complexity index is 1810. The first-order chi connectivity index (χ1) is 20.4. The SMILES string of the molecule is C[P@@]1(=O)OC[C@H]2O[C@@H](n3cnc4c(N)ccnc43)C(O)[C@H]2O[P@@](=O)(S)O[C@H]2O[C@@H](n3cnc4c(N)ncnc43)C(O)[C@H]2O1. The molecule has 0 bridgehead atoms. The molecule has 10 atom stereocenters. The number of nitrogens with two attached hydrogens (primary N) is 2. The van der Waals surface area contributed by atoms with E-state index in [0.29, 0.717) is 16.9 Å². The van der Waals surface area contributed by atoms with E-state index in [4.69, 9.17) is 39.0 Å². The van der Waals surface area contributed by atoms with E-state index in [1.165, 1.54) is 34.3 Å². The Labute approximate surface area is 246 Å². The van der Waals surface area contributed by atoms with Crippen molar-refractivity contribution in [3.05, 3.63) is 31.2 Å². The van der Waals surface area contributed by atoms with E-state index < -0.39 is 70.3 Å². The summed E-state index contributed by atoms with van der Waals surface area (Å²) >= 11 is 4.10. The second-order valence-corrected chi connectivity index (χ2v) is 14.9. The summed E-state index contributed by atoms with van der Waals surface area (Å²) in [5, 5.41) is 22.5. The number of pyridine rings is 1. The van der Waals surface area contributed by atoms with Gasteiger partial charge in [0.15, 0.2) is 35.9 Å². The van der Waals surface area contributed by atoms with Crippen molar-refractivity contribution < 1.29 is 46.9 Å². The summed E-state index contributed by atoms with van der Waals surface area (Å²) in [7, 11) is -4.00. The fraction of sp³-hybridized carbons (Fsp3) is 0.476. The van der Waals surface area contributed by atoms with Crippen LogP contribution < -0.4 is 11.5 Å². The van der Waals surface area contributed by atoms with Gasteiger partial charge in [-0.1, -0.05) is 12.2 Å². The normalized spacial score (nSPS) is 38.6. The molecule has 0 amide bonds. The van der Waals surface area contributed by atoms with Crippen LogP contribution in [0.2, 0.25) is 0 Å². The molecule has 22 heteroatoms. The maximum absolute atomic E-state index is 13.6. The predicted octanol–water partition coefficient (Wildman–Crippen LogP) is 0.588. The van der Waals surface area contributed by atoms with Crippen LogP contribution in [0, 0.1) is 0 Å². The minimum absolute atomic E-state index is 0.0897. The van der Waals surface area contributed by atoms with Gasteiger partial charge in [-0.15, -0.1) is 0 Å². The van der Waals surface area contributed by atoms with Crippen molar-refractivity contribution in [2.24, 2.45) is 0 Å². The van der Waals surface area contributed by atoms with Crippen LogP contribution in [0.5, 0.6) is 0 Å². The molecule has 2 unspecified atom stereocenters. The summed E-state index contributed by atoms with van der Waals surface area (Å²) in [4.78, 5) is 20.7. The number of anilines is 2. The molecular formula is C21H25N9O10P2S. The molecule has 19 nitrogen and oxygen atoms in total. The molecule has 3 fully saturated rings. The van der Waals surface area contributed by atoms with Crippen LogP contribution in [0.4, 0.5) is 11.5 Å². The average molecular weight is 657 g/mol. The first kappa shape index (κ1) is 29.0. The molecule has 3 saturated heterocycles. The van der Waals surface area contributed by atoms with Crippen LogP contribution in [0.1, 0.15) is 12.5 Å². The first-order valence-electron chi connectivity index (χ1n) is 12.7. The highest BCUT2D eigenvalue weighted by molar-refractivity contribution is 8.44. The van der Waals surface area contributed by atoms with Gasteiger partial charge in [-0.05, 0) is 6.07 Å². The highest BCUT2D eigenvalue weighted by Crippen LogP contribution is 2.60. The van der Waals surface area contributed by atoms with E-state index in [0.717, 1.165) is 6.66 Å². The Kier molecular flexibility index (Phi) is 7.03. The van der Waals surface area contributed by atoms with Crippen molar-refractivity contribution in [2.45, 2.75) is 49.3 Å². The van der Waals surface area contributed by atoms with Gasteiger partial charge in [0.25, 0.3) is 0 Å². The molecule has 4 aromatic heterocycles. The van der Waals surface area contributed by atoms with Crippen LogP contribution in [-0.2, 0) is 36.7 Å². The lowest BCUT2D eigenvalue weighted by Gasteiger charge is -2.25. The molecule has 7 heterocycles. The summed E-state index contributed by atoms with van der Waals surface area (Å²) in [5.41, 5.74) is 13.3. The summed E-state index contributed by atoms with van der Waals surface area (Å²) in [5.74, 6) is 0.0897. The number of aromatic nitrogens is 7. The zero-order valence-electron chi connectivity index (χ0n) is 22.0. The summed E-state index contributed by atoms with van der Waals surface area (Å²) in [6.45, 7) is -3.70. The molecule has 43 heavy (non-hydrogen) atoms. The topological polar surface area (TPSA) is 256 Å². The van der Waals surface area contributed by atoms with Crippen LogP contribution in [0.15, 0.2) is 31.2 Å². The van der Waals surface area contributed by atoms with Crippen LogP contribution in [0.25, 0.3) is 22.3 Å². The van der Waals surface area contributed by atoms with E-state index in [1.54, 1.807) is 6.07 Å². The number of imidazole rings is 2. The van der Waals surface area contributed by atoms with E-state index in [-0.39, 0.29) is 17.0 Å². The third-order valence-electron chi connectivity index (χ3n) is 7.19. The van der Waals surface area contributed by atoms with Gasteiger partial charge in [0, 0.05) is 12.9 Å². The number of thiol groups is 1. The molecule has 3 aliphatic rings. The van der Waals surface area contributed by atoms with Crippen molar-refractivity contribution in [3.8, 4) is 0 Å². The number of aliphatic hydroxyl groups excluding tert-OH is 2. The molecule has 230 valence electrons. The summed E-state index contributed by atoms with van der Waals surface area (Å²) in [6.07, 6.45) is -5.83. The molecule has 0 spiro atoms. The van der Waals surface area contributed by atoms with Crippen LogP contribution >= 0.6 is 26.6 Å². The average Bonchev–Trinajstić information content (AvgIpc) is 3.70. The second kappa shape index (κ2) is 10.4. The molecule has 0 saturated carbocycles. The highest BCUT2D eigenvalue weighted by Gasteiger charge is 2.55. The maximum atomic E-state index is 13.6. The molecule has 3 aliphatic heterocycles. The minimum atomic E-state index is -4.43. The molecular weight excluding hydrogens is 632 g/mol. The zero-order chi connectivity index (χ0) is 30.3. The first-order valence-corrected chi connectivity index (χ1v) is 17.4. The van der Waals surface area contributed by atoms with E-state index >= 15 is 0 Å². The van der Waals surface area contributed by atoms with Gasteiger partial charge in [0.2, 0.25) is 0 Å². The van der Waals surface area contributed by atoms with Gasteiger partial charge >= 0.3 is 14.4 Å². The fourth-order valence-corrected chi connectivity index (χ4v) is 8.03. The van der Waals surface area contributed by atoms with E-state index in [9.17, 15) is 19.3 Å². The third-order valence-corrected chi connectivity index (χ3v) is 9.98. The lowest BCUT2D eigenvalue weighted by atomic mass is 10.1. The van der Waals surface area contributed by atoms with Crippen molar-refractivity contribution in [2.75, 3.05) is 24.7 Å². The number of nitrogens with zero attached hydrogens (tertiary/aromatic N) is 7. The predicted molar refractivity (Wildman–Crippen MR) is 148 cm³/mol. The highest BCUT2D eigenvalue weighted by atomic mass is 32.7. The summed E-state index contributed by atoms with van der Waals surface area (Å²) < 4.78 is 64.3. The van der Waals surface area contributed by atoms with Crippen LogP contribution in [-0.4, -0.2) is 94.3 Å². The van der Waals surface area contributed by atoms with Gasteiger partial charge < -0.3 is 35.7 Å². The number of aliphatic hydroxyl groups is 2. The number of nitrogen functional groups attached to an aromatic ring is 2. The lowest BCUT2D eigenvalue weighted by Crippen LogP contribution is -2.36. The Hall–Kier alpha value is -2.74. The van der Waals surface area contributed by atoms with Gasteiger partial charge in [-0.25, -0.2) is 29.5 Å². The molecule has 7 rings (SSSR count). The van der Waals surface area contributed by atoms with E-state index in [2.05, 4.69) is 37.2 Å². The number of hydrogen-bond acceptors (Lipinski definition) is 17. The number of rotatable bonds is 2. The molecule has 0 aromatic carbocycles. The van der Waals surface area contributed by atoms with Gasteiger partial charge in [0.1, 0.15) is 47.9 Å². The van der Waals surface area contributed by atoms with Gasteiger partial charge in [0.05, 0.1) is 24.9 Å². The Morgan fingerprint density at radius 2 is 1.58 bits per heavy atom. The number of ether oxygens (including phenoxy) is 2. The minimum Gasteiger partial charge on any atom is -0.397 e. The van der Waals surface area contributed by atoms with Crippen molar-refractivity contribution in [1.29, 1.82) is 0 Å². The van der Waals surface area contributed by atoms with Gasteiger partial charge in [-0.3, -0.25) is 27.3 Å². The lowest BCUT2D eigenvalue weighted by molar-refractivity contribution is -0.126. The van der Waals surface area contributed by atoms with Crippen molar-refractivity contribution >= 4 is 60.5 Å². The quantitative estimate of drug-likeness (QED) is 0.146. The largest absolute Gasteiger partial charge is 0.397 e. The molecule has 6 N–H and O–H groups in total. The fourth-order valence-electron chi connectivity index (χ4n) is 5.23. The standard InChI is InChI=1S/C21H25N9O10P2S/c1-41(33)35-4-9-14(12(31)19(36-9)29-6-27-10-8(22)2-3-24-17(10)29)39-42(34,43)40-21-15(38-41)13(32)20(37-21)30-7-28-11-16(23)25-5-26-18(11)30/h2-3,5-7,9,12-15,19-21,31-32H,4H2,1H3,(H2,22,24)(H,34,43)(H2,23,25,26)/t9-,12?,13?,14+,15-,19-,20-,21-,41-,42-/m1/s1. The van der Waals surface area contributed by atoms with Gasteiger partial charge in [-0.2, -0.15) is 0 Å². The van der Waals surface area contributed by atoms with Crippen molar-refractivity contribution in [1.82, 2.24) is 34.1 Å². The Balaban J connectivity index is 1.20. The van der Waals surface area contributed by atoms with Crippen LogP contribution in [0.3, 0.4) is 0 Å². The zero-order valence-corrected chi connectivity index (χ0v) is 24.7. The summed E-state index contributed by atoms with van der Waals surface area (Å²) in [6, 6.07) is 1.57. The Morgan fingerprint density at radius 3 is 2.35 bits per heavy atom. The third kappa shape index (κ3) is 5.01. The molecule has 4 aromatic rings. The number of hydrogen-bond donors (Lipinski definition) is 5. The number of fused-ring (bicyclic) bond motifs is 4. The maximum Gasteiger partial charge on any atom is 0.388 e. The molecule has 0 radical (unpaired) electrons. The second-order valence-electron chi connectivity index (χ2n) is 10.0.